The molecule has 2 aromatic rings. The van der Waals surface area contributed by atoms with Crippen molar-refractivity contribution in [1.82, 2.24) is 4.90 Å². The van der Waals surface area contributed by atoms with E-state index in [1.807, 2.05) is 29.2 Å². The molecule has 1 saturated heterocycles. The van der Waals surface area contributed by atoms with E-state index >= 15 is 0 Å². The first kappa shape index (κ1) is 17.2. The Hall–Kier alpha value is -2.63. The number of carbonyl (C=O) groups is 1. The second-order valence-electron chi connectivity index (χ2n) is 5.83. The number of nitrogens with zero attached hydrogens (tertiary/aromatic N) is 1. The first-order valence-electron chi connectivity index (χ1n) is 8.08. The molecule has 4 nitrogen and oxygen atoms in total. The maximum Gasteiger partial charge on any atom is 0.387 e. The van der Waals surface area contributed by atoms with Gasteiger partial charge in [0.05, 0.1) is 13.2 Å². The molecular formula is C19H19F2NO3. The van der Waals surface area contributed by atoms with Gasteiger partial charge in [-0.25, -0.2) is 0 Å². The Morgan fingerprint density at radius 1 is 1.08 bits per heavy atom. The van der Waals surface area contributed by atoms with Gasteiger partial charge in [-0.2, -0.15) is 8.78 Å². The first-order chi connectivity index (χ1) is 12.1. The Labute approximate surface area is 145 Å². The van der Waals surface area contributed by atoms with Crippen LogP contribution in [0.15, 0.2) is 48.5 Å². The lowest BCUT2D eigenvalue weighted by atomic mass is 10.0. The Morgan fingerprint density at radius 3 is 2.32 bits per heavy atom. The second-order valence-corrected chi connectivity index (χ2v) is 5.83. The lowest BCUT2D eigenvalue weighted by molar-refractivity contribution is -0.0498. The van der Waals surface area contributed by atoms with Crippen molar-refractivity contribution < 1.29 is 23.0 Å². The fraction of sp³-hybridized carbons (Fsp3) is 0.316. The predicted octanol–water partition coefficient (Wildman–Crippen LogP) is 4.27. The van der Waals surface area contributed by atoms with E-state index in [1.165, 1.54) is 24.3 Å². The van der Waals surface area contributed by atoms with Gasteiger partial charge in [0.1, 0.15) is 11.5 Å². The molecule has 3 rings (SSSR count). The molecule has 1 heterocycles. The fourth-order valence-corrected chi connectivity index (χ4v) is 3.13. The molecule has 0 N–H and O–H groups in total. The summed E-state index contributed by atoms with van der Waals surface area (Å²) < 4.78 is 33.9. The number of methoxy groups -OCH3 is 1. The topological polar surface area (TPSA) is 38.8 Å². The molecule has 0 radical (unpaired) electrons. The third-order valence-electron chi connectivity index (χ3n) is 4.34. The van der Waals surface area contributed by atoms with Crippen molar-refractivity contribution in [3.8, 4) is 11.5 Å². The van der Waals surface area contributed by atoms with Gasteiger partial charge < -0.3 is 14.4 Å². The molecule has 0 saturated carbocycles. The van der Waals surface area contributed by atoms with Crippen molar-refractivity contribution in [2.75, 3.05) is 13.7 Å². The van der Waals surface area contributed by atoms with Gasteiger partial charge in [-0.3, -0.25) is 4.79 Å². The molecule has 1 atom stereocenters. The zero-order valence-corrected chi connectivity index (χ0v) is 13.8. The van der Waals surface area contributed by atoms with Gasteiger partial charge in [-0.1, -0.05) is 12.1 Å². The molecule has 25 heavy (non-hydrogen) atoms. The molecule has 2 aromatic carbocycles. The van der Waals surface area contributed by atoms with Crippen LogP contribution in [0.2, 0.25) is 0 Å². The quantitative estimate of drug-likeness (QED) is 0.811. The van der Waals surface area contributed by atoms with E-state index in [2.05, 4.69) is 4.74 Å². The molecule has 6 heteroatoms. The highest BCUT2D eigenvalue weighted by Gasteiger charge is 2.30. The van der Waals surface area contributed by atoms with Crippen LogP contribution in [0.4, 0.5) is 8.78 Å². The number of benzene rings is 2. The summed E-state index contributed by atoms with van der Waals surface area (Å²) in [4.78, 5) is 14.6. The van der Waals surface area contributed by atoms with Gasteiger partial charge in [0, 0.05) is 12.1 Å². The fourth-order valence-electron chi connectivity index (χ4n) is 3.13. The molecule has 0 aliphatic carbocycles. The predicted molar refractivity (Wildman–Crippen MR) is 89.1 cm³/mol. The molecule has 1 fully saturated rings. The van der Waals surface area contributed by atoms with E-state index in [4.69, 9.17) is 4.74 Å². The van der Waals surface area contributed by atoms with Gasteiger partial charge in [0.2, 0.25) is 0 Å². The largest absolute Gasteiger partial charge is 0.497 e. The van der Waals surface area contributed by atoms with Crippen LogP contribution in [-0.4, -0.2) is 31.1 Å². The van der Waals surface area contributed by atoms with E-state index in [1.54, 1.807) is 7.11 Å². The van der Waals surface area contributed by atoms with Crippen molar-refractivity contribution in [2.45, 2.75) is 25.5 Å². The maximum absolute atomic E-state index is 12.8. The molecule has 1 amide bonds. The van der Waals surface area contributed by atoms with Gasteiger partial charge in [0.15, 0.2) is 0 Å². The van der Waals surface area contributed by atoms with Crippen molar-refractivity contribution in [2.24, 2.45) is 0 Å². The number of likely N-dealkylation sites (tertiary alicyclic amines) is 1. The number of alkyl halides is 2. The Bertz CT molecular complexity index is 716. The standard InChI is InChI=1S/C19H19F2NO3/c1-24-15-8-4-13(5-9-15)17-3-2-12-22(17)18(23)14-6-10-16(11-7-14)25-19(20)21/h4-11,17,19H,2-3,12H2,1H3. The number of amides is 1. The summed E-state index contributed by atoms with van der Waals surface area (Å²) in [6.07, 6.45) is 1.82. The average molecular weight is 347 g/mol. The minimum atomic E-state index is -2.88. The molecule has 1 aliphatic heterocycles. The number of rotatable bonds is 5. The van der Waals surface area contributed by atoms with Crippen LogP contribution in [0.1, 0.15) is 34.8 Å². The minimum Gasteiger partial charge on any atom is -0.497 e. The van der Waals surface area contributed by atoms with E-state index < -0.39 is 6.61 Å². The summed E-state index contributed by atoms with van der Waals surface area (Å²) in [6.45, 7) is -2.20. The number of carbonyl (C=O) groups excluding carboxylic acids is 1. The van der Waals surface area contributed by atoms with E-state index in [0.717, 1.165) is 24.2 Å². The summed E-state index contributed by atoms with van der Waals surface area (Å²) >= 11 is 0. The zero-order chi connectivity index (χ0) is 17.8. The summed E-state index contributed by atoms with van der Waals surface area (Å²) in [5.41, 5.74) is 1.52. The van der Waals surface area contributed by atoms with E-state index in [0.29, 0.717) is 12.1 Å². The van der Waals surface area contributed by atoms with Crippen LogP contribution < -0.4 is 9.47 Å². The van der Waals surface area contributed by atoms with E-state index in [-0.39, 0.29) is 17.7 Å². The highest BCUT2D eigenvalue weighted by atomic mass is 19.3. The van der Waals surface area contributed by atoms with Crippen LogP contribution in [-0.2, 0) is 0 Å². The summed E-state index contributed by atoms with van der Waals surface area (Å²) in [6, 6.07) is 13.5. The lowest BCUT2D eigenvalue weighted by Crippen LogP contribution is -2.30. The smallest absolute Gasteiger partial charge is 0.387 e. The Kier molecular flexibility index (Phi) is 5.16. The molecule has 132 valence electrons. The molecule has 0 bridgehead atoms. The van der Waals surface area contributed by atoms with Crippen molar-refractivity contribution in [3.05, 3.63) is 59.7 Å². The summed E-state index contributed by atoms with van der Waals surface area (Å²) in [7, 11) is 1.61. The molecular weight excluding hydrogens is 328 g/mol. The Morgan fingerprint density at radius 2 is 1.72 bits per heavy atom. The first-order valence-corrected chi connectivity index (χ1v) is 8.08. The van der Waals surface area contributed by atoms with Crippen LogP contribution in [0.25, 0.3) is 0 Å². The molecule has 1 unspecified atom stereocenters. The summed E-state index contributed by atoms with van der Waals surface area (Å²) in [5.74, 6) is 0.704. The number of halogens is 2. The van der Waals surface area contributed by atoms with Gasteiger partial charge in [-0.05, 0) is 54.8 Å². The van der Waals surface area contributed by atoms with E-state index in [9.17, 15) is 13.6 Å². The third kappa shape index (κ3) is 3.90. The number of ether oxygens (including phenoxy) is 2. The molecule has 0 aromatic heterocycles. The number of hydrogen-bond acceptors (Lipinski definition) is 3. The van der Waals surface area contributed by atoms with Crippen LogP contribution in [0.3, 0.4) is 0 Å². The second kappa shape index (κ2) is 7.51. The van der Waals surface area contributed by atoms with Gasteiger partial charge >= 0.3 is 6.61 Å². The number of hydrogen-bond donors (Lipinski definition) is 0. The minimum absolute atomic E-state index is 0.00963. The van der Waals surface area contributed by atoms with Crippen molar-refractivity contribution in [3.63, 3.8) is 0 Å². The third-order valence-corrected chi connectivity index (χ3v) is 4.34. The highest BCUT2D eigenvalue weighted by molar-refractivity contribution is 5.94. The molecule has 0 spiro atoms. The van der Waals surface area contributed by atoms with Crippen LogP contribution in [0.5, 0.6) is 11.5 Å². The SMILES string of the molecule is COc1ccc(C2CCCN2C(=O)c2ccc(OC(F)F)cc2)cc1. The normalized spacial score (nSPS) is 17.0. The zero-order valence-electron chi connectivity index (χ0n) is 13.8. The average Bonchev–Trinajstić information content (AvgIpc) is 3.11. The van der Waals surface area contributed by atoms with Gasteiger partial charge in [-0.15, -0.1) is 0 Å². The monoisotopic (exact) mass is 347 g/mol. The van der Waals surface area contributed by atoms with Crippen molar-refractivity contribution in [1.29, 1.82) is 0 Å². The lowest BCUT2D eigenvalue weighted by Gasteiger charge is -2.25. The molecule has 1 aliphatic rings. The van der Waals surface area contributed by atoms with Gasteiger partial charge in [0.25, 0.3) is 5.91 Å². The van der Waals surface area contributed by atoms with Crippen LogP contribution >= 0.6 is 0 Å². The van der Waals surface area contributed by atoms with Crippen LogP contribution in [0, 0.1) is 0 Å². The Balaban J connectivity index is 1.75. The van der Waals surface area contributed by atoms with Crippen molar-refractivity contribution >= 4 is 5.91 Å². The highest BCUT2D eigenvalue weighted by Crippen LogP contribution is 2.34. The summed E-state index contributed by atoms with van der Waals surface area (Å²) in [5, 5.41) is 0. The maximum atomic E-state index is 12.8.